The summed E-state index contributed by atoms with van der Waals surface area (Å²) in [6, 6.07) is 0. The van der Waals surface area contributed by atoms with Gasteiger partial charge >= 0.3 is 0 Å². The van der Waals surface area contributed by atoms with Gasteiger partial charge in [-0.05, 0) is 45.5 Å². The first-order chi connectivity index (χ1) is 11.2. The molecule has 0 radical (unpaired) electrons. The standard InChI is InChI=1S/C20H40N2O/c1-4-6-7-8-9-10-11-12-13-15-18-22(3)19-16-14-17-21-20(23)5-2/h5H,2,4,6-19H2,1,3H3,(H,21,23). The zero-order valence-corrected chi connectivity index (χ0v) is 15.7. The average molecular weight is 325 g/mol. The predicted octanol–water partition coefficient (Wildman–Crippen LogP) is 4.92. The lowest BCUT2D eigenvalue weighted by Crippen LogP contribution is -2.24. The van der Waals surface area contributed by atoms with Crippen molar-refractivity contribution in [3.05, 3.63) is 12.7 Å². The Balaban J connectivity index is 3.19. The van der Waals surface area contributed by atoms with Gasteiger partial charge in [0, 0.05) is 6.54 Å². The van der Waals surface area contributed by atoms with E-state index in [2.05, 4.69) is 30.8 Å². The molecule has 0 unspecified atom stereocenters. The largest absolute Gasteiger partial charge is 0.353 e. The van der Waals surface area contributed by atoms with Crippen LogP contribution in [0.15, 0.2) is 12.7 Å². The summed E-state index contributed by atoms with van der Waals surface area (Å²) in [5, 5.41) is 2.82. The van der Waals surface area contributed by atoms with E-state index in [-0.39, 0.29) is 5.91 Å². The van der Waals surface area contributed by atoms with Gasteiger partial charge in [-0.15, -0.1) is 0 Å². The summed E-state index contributed by atoms with van der Waals surface area (Å²) in [6.45, 7) is 8.81. The molecule has 0 aliphatic carbocycles. The van der Waals surface area contributed by atoms with Crippen molar-refractivity contribution in [2.24, 2.45) is 0 Å². The first-order valence-corrected chi connectivity index (χ1v) is 9.79. The van der Waals surface area contributed by atoms with E-state index in [0.717, 1.165) is 25.9 Å². The molecule has 0 heterocycles. The van der Waals surface area contributed by atoms with Gasteiger partial charge in [0.05, 0.1) is 0 Å². The third-order valence-corrected chi connectivity index (χ3v) is 4.34. The molecule has 0 saturated carbocycles. The number of hydrogen-bond acceptors (Lipinski definition) is 2. The maximum Gasteiger partial charge on any atom is 0.243 e. The lowest BCUT2D eigenvalue weighted by atomic mass is 10.1. The number of unbranched alkanes of at least 4 members (excludes halogenated alkanes) is 10. The number of hydrogen-bond donors (Lipinski definition) is 1. The van der Waals surface area contributed by atoms with Crippen LogP contribution >= 0.6 is 0 Å². The molecule has 0 aliphatic heterocycles. The summed E-state index contributed by atoms with van der Waals surface area (Å²) in [5.74, 6) is -0.0660. The van der Waals surface area contributed by atoms with Crippen molar-refractivity contribution in [1.29, 1.82) is 0 Å². The number of amides is 1. The molecular weight excluding hydrogens is 284 g/mol. The number of carbonyl (C=O) groups is 1. The molecule has 0 aromatic rings. The van der Waals surface area contributed by atoms with E-state index >= 15 is 0 Å². The van der Waals surface area contributed by atoms with Crippen molar-refractivity contribution in [3.8, 4) is 0 Å². The van der Waals surface area contributed by atoms with Crippen molar-refractivity contribution < 1.29 is 4.79 Å². The SMILES string of the molecule is C=CC(=O)NCCCCN(C)CCCCCCCCCCCC. The molecule has 0 saturated heterocycles. The highest BCUT2D eigenvalue weighted by Crippen LogP contribution is 2.10. The number of rotatable bonds is 17. The molecule has 3 nitrogen and oxygen atoms in total. The molecule has 0 fully saturated rings. The third-order valence-electron chi connectivity index (χ3n) is 4.34. The molecule has 0 spiro atoms. The van der Waals surface area contributed by atoms with Gasteiger partial charge in [0.25, 0.3) is 0 Å². The minimum atomic E-state index is -0.0660. The van der Waals surface area contributed by atoms with Crippen LogP contribution in [0.2, 0.25) is 0 Å². The van der Waals surface area contributed by atoms with E-state index < -0.39 is 0 Å². The highest BCUT2D eigenvalue weighted by Gasteiger charge is 1.99. The molecule has 3 heteroatoms. The van der Waals surface area contributed by atoms with Crippen molar-refractivity contribution in [2.45, 2.75) is 84.0 Å². The Hall–Kier alpha value is -0.830. The molecule has 1 amide bonds. The first-order valence-electron chi connectivity index (χ1n) is 9.79. The van der Waals surface area contributed by atoms with Gasteiger partial charge < -0.3 is 10.2 Å². The molecule has 1 N–H and O–H groups in total. The van der Waals surface area contributed by atoms with Gasteiger partial charge in [0.1, 0.15) is 0 Å². The summed E-state index contributed by atoms with van der Waals surface area (Å²) in [7, 11) is 2.20. The second kappa shape index (κ2) is 17.5. The Kier molecular flexibility index (Phi) is 16.9. The fourth-order valence-corrected chi connectivity index (χ4v) is 2.77. The second-order valence-electron chi connectivity index (χ2n) is 6.69. The van der Waals surface area contributed by atoms with Crippen LogP contribution in [0, 0.1) is 0 Å². The first kappa shape index (κ1) is 22.2. The Bertz CT molecular complexity index is 279. The third kappa shape index (κ3) is 17.4. The Morgan fingerprint density at radius 1 is 0.870 bits per heavy atom. The number of nitrogens with one attached hydrogen (secondary N) is 1. The van der Waals surface area contributed by atoms with Crippen LogP contribution in [-0.2, 0) is 4.79 Å². The van der Waals surface area contributed by atoms with Gasteiger partial charge in [-0.2, -0.15) is 0 Å². The highest BCUT2D eigenvalue weighted by molar-refractivity contribution is 5.86. The fraction of sp³-hybridized carbons (Fsp3) is 0.850. The van der Waals surface area contributed by atoms with Crippen LogP contribution in [0.4, 0.5) is 0 Å². The molecule has 0 atom stereocenters. The molecule has 0 aliphatic rings. The summed E-state index contributed by atoms with van der Waals surface area (Å²) in [4.78, 5) is 13.4. The summed E-state index contributed by atoms with van der Waals surface area (Å²) < 4.78 is 0. The average Bonchev–Trinajstić information content (AvgIpc) is 2.56. The number of carbonyl (C=O) groups excluding carboxylic acids is 1. The Morgan fingerprint density at radius 2 is 1.35 bits per heavy atom. The van der Waals surface area contributed by atoms with Crippen molar-refractivity contribution in [1.82, 2.24) is 10.2 Å². The zero-order valence-electron chi connectivity index (χ0n) is 15.7. The lowest BCUT2D eigenvalue weighted by molar-refractivity contribution is -0.116. The van der Waals surface area contributed by atoms with Gasteiger partial charge in [-0.1, -0.05) is 71.3 Å². The second-order valence-corrected chi connectivity index (χ2v) is 6.69. The van der Waals surface area contributed by atoms with Gasteiger partial charge in [-0.25, -0.2) is 0 Å². The summed E-state index contributed by atoms with van der Waals surface area (Å²) >= 11 is 0. The van der Waals surface area contributed by atoms with E-state index in [9.17, 15) is 4.79 Å². The molecule has 23 heavy (non-hydrogen) atoms. The van der Waals surface area contributed by atoms with Crippen LogP contribution in [0.5, 0.6) is 0 Å². The monoisotopic (exact) mass is 324 g/mol. The zero-order chi connectivity index (χ0) is 17.2. The van der Waals surface area contributed by atoms with E-state index in [1.54, 1.807) is 0 Å². The molecular formula is C20H40N2O. The molecule has 0 rings (SSSR count). The van der Waals surface area contributed by atoms with Crippen LogP contribution in [-0.4, -0.2) is 37.5 Å². The topological polar surface area (TPSA) is 32.3 Å². The molecule has 0 bridgehead atoms. The van der Waals surface area contributed by atoms with Gasteiger partial charge in [0.2, 0.25) is 5.91 Å². The minimum absolute atomic E-state index is 0.0660. The Labute approximate surface area is 144 Å². The normalized spacial score (nSPS) is 10.9. The highest BCUT2D eigenvalue weighted by atomic mass is 16.1. The van der Waals surface area contributed by atoms with E-state index in [1.165, 1.54) is 76.8 Å². The van der Waals surface area contributed by atoms with Crippen LogP contribution in [0.25, 0.3) is 0 Å². The Morgan fingerprint density at radius 3 is 1.87 bits per heavy atom. The lowest BCUT2D eigenvalue weighted by Gasteiger charge is -2.16. The smallest absolute Gasteiger partial charge is 0.243 e. The quantitative estimate of drug-likeness (QED) is 0.304. The summed E-state index contributed by atoms with van der Waals surface area (Å²) in [6.07, 6.45) is 17.5. The van der Waals surface area contributed by atoms with Gasteiger partial charge in [-0.3, -0.25) is 4.79 Å². The number of nitrogens with zero attached hydrogens (tertiary/aromatic N) is 1. The van der Waals surface area contributed by atoms with Crippen molar-refractivity contribution in [2.75, 3.05) is 26.7 Å². The predicted molar refractivity (Wildman–Crippen MR) is 102 cm³/mol. The van der Waals surface area contributed by atoms with Crippen LogP contribution in [0.1, 0.15) is 84.0 Å². The van der Waals surface area contributed by atoms with Gasteiger partial charge in [0.15, 0.2) is 0 Å². The molecule has 0 aromatic carbocycles. The van der Waals surface area contributed by atoms with E-state index in [0.29, 0.717) is 0 Å². The minimum Gasteiger partial charge on any atom is -0.353 e. The van der Waals surface area contributed by atoms with E-state index in [4.69, 9.17) is 0 Å². The molecule has 0 aromatic heterocycles. The maximum atomic E-state index is 11.0. The fourth-order valence-electron chi connectivity index (χ4n) is 2.77. The maximum absolute atomic E-state index is 11.0. The van der Waals surface area contributed by atoms with Crippen LogP contribution in [0.3, 0.4) is 0 Å². The summed E-state index contributed by atoms with van der Waals surface area (Å²) in [5.41, 5.74) is 0. The van der Waals surface area contributed by atoms with E-state index in [1.807, 2.05) is 0 Å². The van der Waals surface area contributed by atoms with Crippen LogP contribution < -0.4 is 5.32 Å². The van der Waals surface area contributed by atoms with Crippen molar-refractivity contribution >= 4 is 5.91 Å². The van der Waals surface area contributed by atoms with Crippen molar-refractivity contribution in [3.63, 3.8) is 0 Å². The molecule has 136 valence electrons.